The van der Waals surface area contributed by atoms with Gasteiger partial charge in [-0.15, -0.1) is 0 Å². The number of rotatable bonds is 3. The molecular formula is C14H15F3N4. The van der Waals surface area contributed by atoms with Crippen LogP contribution in [0.15, 0.2) is 24.4 Å². The highest BCUT2D eigenvalue weighted by Crippen LogP contribution is 2.33. The maximum absolute atomic E-state index is 12.8. The molecule has 0 amide bonds. The van der Waals surface area contributed by atoms with Crippen LogP contribution in [0.5, 0.6) is 0 Å². The highest BCUT2D eigenvalue weighted by Gasteiger charge is 2.30. The minimum atomic E-state index is -4.37. The van der Waals surface area contributed by atoms with Crippen molar-refractivity contribution in [1.82, 2.24) is 9.97 Å². The second-order valence-corrected chi connectivity index (χ2v) is 4.63. The van der Waals surface area contributed by atoms with Gasteiger partial charge in [0.15, 0.2) is 0 Å². The molecule has 0 aliphatic rings. The van der Waals surface area contributed by atoms with Gasteiger partial charge in [0.25, 0.3) is 0 Å². The van der Waals surface area contributed by atoms with Crippen molar-refractivity contribution in [3.05, 3.63) is 41.1 Å². The van der Waals surface area contributed by atoms with Crippen molar-refractivity contribution < 1.29 is 13.2 Å². The third-order valence-corrected chi connectivity index (χ3v) is 3.01. The number of nitrogens with zero attached hydrogens (tertiary/aromatic N) is 2. The predicted molar refractivity (Wildman–Crippen MR) is 75.8 cm³/mol. The van der Waals surface area contributed by atoms with Gasteiger partial charge in [0.1, 0.15) is 5.82 Å². The summed E-state index contributed by atoms with van der Waals surface area (Å²) in [7, 11) is 1.67. The Morgan fingerprint density at radius 3 is 2.43 bits per heavy atom. The number of hydrogen-bond donors (Lipinski definition) is 2. The van der Waals surface area contributed by atoms with Crippen molar-refractivity contribution in [1.29, 1.82) is 0 Å². The fraction of sp³-hybridized carbons (Fsp3) is 0.286. The van der Waals surface area contributed by atoms with Gasteiger partial charge in [0.05, 0.1) is 5.56 Å². The maximum Gasteiger partial charge on any atom is 0.416 e. The van der Waals surface area contributed by atoms with Crippen LogP contribution in [-0.2, 0) is 6.18 Å². The fourth-order valence-electron chi connectivity index (χ4n) is 1.75. The van der Waals surface area contributed by atoms with Crippen molar-refractivity contribution >= 4 is 17.5 Å². The molecule has 0 fully saturated rings. The average molecular weight is 296 g/mol. The van der Waals surface area contributed by atoms with E-state index in [2.05, 4.69) is 20.6 Å². The van der Waals surface area contributed by atoms with Crippen LogP contribution in [0.4, 0.5) is 30.6 Å². The van der Waals surface area contributed by atoms with E-state index in [-0.39, 0.29) is 0 Å². The lowest BCUT2D eigenvalue weighted by Crippen LogP contribution is -2.07. The molecule has 7 heteroatoms. The number of hydrogen-bond acceptors (Lipinski definition) is 4. The van der Waals surface area contributed by atoms with Crippen molar-refractivity contribution in [3.8, 4) is 0 Å². The number of alkyl halides is 3. The van der Waals surface area contributed by atoms with E-state index in [1.165, 1.54) is 6.07 Å². The predicted octanol–water partition coefficient (Wildman–Crippen LogP) is 3.90. The monoisotopic (exact) mass is 296 g/mol. The van der Waals surface area contributed by atoms with Crippen molar-refractivity contribution in [3.63, 3.8) is 0 Å². The minimum absolute atomic E-state index is 0.369. The normalized spacial score (nSPS) is 11.3. The quantitative estimate of drug-likeness (QED) is 0.902. The number of nitrogens with one attached hydrogen (secondary N) is 2. The molecule has 2 N–H and O–H groups in total. The Bertz CT molecular complexity index is 653. The molecule has 2 aromatic rings. The van der Waals surface area contributed by atoms with Gasteiger partial charge in [-0.2, -0.15) is 18.2 Å². The second kappa shape index (κ2) is 5.59. The lowest BCUT2D eigenvalue weighted by atomic mass is 10.1. The molecule has 0 radical (unpaired) electrons. The van der Waals surface area contributed by atoms with Crippen LogP contribution in [0.25, 0.3) is 0 Å². The standard InChI is InChI=1S/C14H15F3N4/c1-8-4-5-10(14(15,16)17)6-11(8)20-12-9(2)7-19-13(18-3)21-12/h4-7H,1-3H3,(H2,18,19,20,21). The van der Waals surface area contributed by atoms with E-state index >= 15 is 0 Å². The summed E-state index contributed by atoms with van der Waals surface area (Å²) in [6.07, 6.45) is -2.77. The molecule has 4 nitrogen and oxygen atoms in total. The lowest BCUT2D eigenvalue weighted by Gasteiger charge is -2.14. The second-order valence-electron chi connectivity index (χ2n) is 4.63. The summed E-state index contributed by atoms with van der Waals surface area (Å²) in [5.74, 6) is 0.865. The summed E-state index contributed by atoms with van der Waals surface area (Å²) in [4.78, 5) is 8.24. The molecule has 0 bridgehead atoms. The van der Waals surface area contributed by atoms with Gasteiger partial charge < -0.3 is 10.6 Å². The largest absolute Gasteiger partial charge is 0.416 e. The number of aromatic nitrogens is 2. The Labute approximate surface area is 120 Å². The smallest absolute Gasteiger partial charge is 0.357 e. The summed E-state index contributed by atoms with van der Waals surface area (Å²) in [5.41, 5.74) is 1.11. The van der Waals surface area contributed by atoms with E-state index in [0.29, 0.717) is 23.0 Å². The highest BCUT2D eigenvalue weighted by molar-refractivity contribution is 5.64. The molecule has 0 saturated heterocycles. The summed E-state index contributed by atoms with van der Waals surface area (Å²) >= 11 is 0. The number of anilines is 3. The van der Waals surface area contributed by atoms with Crippen LogP contribution in [0.3, 0.4) is 0 Å². The van der Waals surface area contributed by atoms with Crippen LogP contribution in [-0.4, -0.2) is 17.0 Å². The molecule has 2 rings (SSSR count). The molecule has 0 atom stereocenters. The van der Waals surface area contributed by atoms with Gasteiger partial charge in [0.2, 0.25) is 5.95 Å². The van der Waals surface area contributed by atoms with Crippen molar-refractivity contribution in [2.45, 2.75) is 20.0 Å². The van der Waals surface area contributed by atoms with Gasteiger partial charge in [0, 0.05) is 24.5 Å². The average Bonchev–Trinajstić information content (AvgIpc) is 2.42. The van der Waals surface area contributed by atoms with Crippen LogP contribution in [0.2, 0.25) is 0 Å². The number of halogens is 3. The number of aryl methyl sites for hydroxylation is 2. The maximum atomic E-state index is 12.8. The molecule has 0 aliphatic carbocycles. The van der Waals surface area contributed by atoms with E-state index < -0.39 is 11.7 Å². The molecule has 112 valence electrons. The third-order valence-electron chi connectivity index (χ3n) is 3.01. The topological polar surface area (TPSA) is 49.8 Å². The molecule has 1 aromatic carbocycles. The van der Waals surface area contributed by atoms with Gasteiger partial charge in [-0.05, 0) is 31.5 Å². The van der Waals surface area contributed by atoms with Gasteiger partial charge in [-0.25, -0.2) is 4.98 Å². The summed E-state index contributed by atoms with van der Waals surface area (Å²) < 4.78 is 38.3. The SMILES string of the molecule is CNc1ncc(C)c(Nc2cc(C(F)(F)F)ccc2C)n1. The molecular weight excluding hydrogens is 281 g/mol. The fourth-order valence-corrected chi connectivity index (χ4v) is 1.75. The van der Waals surface area contributed by atoms with Gasteiger partial charge >= 0.3 is 6.18 Å². The van der Waals surface area contributed by atoms with Crippen LogP contribution in [0, 0.1) is 13.8 Å². The first kappa shape index (κ1) is 15.1. The molecule has 1 aromatic heterocycles. The zero-order valence-corrected chi connectivity index (χ0v) is 11.8. The highest BCUT2D eigenvalue weighted by atomic mass is 19.4. The van der Waals surface area contributed by atoms with Crippen molar-refractivity contribution in [2.75, 3.05) is 17.7 Å². The van der Waals surface area contributed by atoms with E-state index in [4.69, 9.17) is 0 Å². The molecule has 0 unspecified atom stereocenters. The Kier molecular flexibility index (Phi) is 4.02. The third kappa shape index (κ3) is 3.42. The zero-order valence-electron chi connectivity index (χ0n) is 11.8. The molecule has 0 spiro atoms. The zero-order chi connectivity index (χ0) is 15.6. The Balaban J connectivity index is 2.39. The summed E-state index contributed by atoms with van der Waals surface area (Å²) in [6, 6.07) is 3.57. The van der Waals surface area contributed by atoms with Crippen LogP contribution >= 0.6 is 0 Å². The summed E-state index contributed by atoms with van der Waals surface area (Å²) in [5, 5.41) is 5.72. The Hall–Kier alpha value is -2.31. The first-order valence-electron chi connectivity index (χ1n) is 6.27. The van der Waals surface area contributed by atoms with Gasteiger partial charge in [-0.1, -0.05) is 6.07 Å². The molecule has 0 saturated carbocycles. The van der Waals surface area contributed by atoms with E-state index in [9.17, 15) is 13.2 Å². The number of benzene rings is 1. The molecule has 0 aliphatic heterocycles. The lowest BCUT2D eigenvalue weighted by molar-refractivity contribution is -0.137. The van der Waals surface area contributed by atoms with Crippen LogP contribution in [0.1, 0.15) is 16.7 Å². The molecule has 21 heavy (non-hydrogen) atoms. The first-order valence-corrected chi connectivity index (χ1v) is 6.27. The van der Waals surface area contributed by atoms with E-state index in [1.807, 2.05) is 0 Å². The van der Waals surface area contributed by atoms with E-state index in [1.54, 1.807) is 27.1 Å². The van der Waals surface area contributed by atoms with Crippen LogP contribution < -0.4 is 10.6 Å². The van der Waals surface area contributed by atoms with Gasteiger partial charge in [-0.3, -0.25) is 0 Å². The van der Waals surface area contributed by atoms with Crippen molar-refractivity contribution in [2.24, 2.45) is 0 Å². The first-order chi connectivity index (χ1) is 9.81. The Morgan fingerprint density at radius 1 is 1.10 bits per heavy atom. The molecule has 1 heterocycles. The minimum Gasteiger partial charge on any atom is -0.357 e. The summed E-state index contributed by atoms with van der Waals surface area (Å²) in [6.45, 7) is 3.52. The Morgan fingerprint density at radius 2 is 1.81 bits per heavy atom. The van der Waals surface area contributed by atoms with E-state index in [0.717, 1.165) is 17.7 Å².